The standard InChI is InChI=1S/C21H32N4O6/c1-17-2-4-18(5-3-17)14-22-6-7-23(15-19(26)27)8-9-24(16-20(28)29)11-13-25(12-10-22)21(30)31/h2-5H,6-16H2,1H3,(H,26,27)(H,28,29)(H,30,31). The SMILES string of the molecule is Cc1ccc(CN2CCN(CC(=O)O)CCN(CC(=O)O)CCN(C(=O)O)CC2)cc1. The van der Waals surface area contributed by atoms with Gasteiger partial charge in [0.2, 0.25) is 0 Å². The number of carboxylic acid groups (broad SMARTS) is 3. The fraction of sp³-hybridized carbons (Fsp3) is 0.571. The van der Waals surface area contributed by atoms with Gasteiger partial charge in [0.25, 0.3) is 0 Å². The molecule has 10 nitrogen and oxygen atoms in total. The quantitative estimate of drug-likeness (QED) is 0.587. The van der Waals surface area contributed by atoms with Crippen LogP contribution in [-0.2, 0) is 16.1 Å². The minimum atomic E-state index is -1.03. The molecule has 172 valence electrons. The maximum absolute atomic E-state index is 11.7. The molecule has 31 heavy (non-hydrogen) atoms. The number of rotatable bonds is 6. The molecule has 0 atom stereocenters. The Kier molecular flexibility index (Phi) is 9.70. The van der Waals surface area contributed by atoms with Gasteiger partial charge in [0.1, 0.15) is 0 Å². The summed E-state index contributed by atoms with van der Waals surface area (Å²) < 4.78 is 0. The minimum absolute atomic E-state index is 0.124. The van der Waals surface area contributed by atoms with E-state index in [9.17, 15) is 24.6 Å². The number of amides is 1. The fourth-order valence-electron chi connectivity index (χ4n) is 3.54. The number of nitrogens with zero attached hydrogens (tertiary/aromatic N) is 4. The molecule has 1 heterocycles. The molecular formula is C21H32N4O6. The molecule has 1 saturated heterocycles. The van der Waals surface area contributed by atoms with E-state index in [4.69, 9.17) is 5.11 Å². The van der Waals surface area contributed by atoms with Crippen LogP contribution in [0.2, 0.25) is 0 Å². The van der Waals surface area contributed by atoms with Gasteiger partial charge in [0.05, 0.1) is 13.1 Å². The first-order valence-electron chi connectivity index (χ1n) is 10.4. The summed E-state index contributed by atoms with van der Waals surface area (Å²) in [6.07, 6.45) is -1.03. The van der Waals surface area contributed by atoms with Crippen molar-refractivity contribution in [2.24, 2.45) is 0 Å². The van der Waals surface area contributed by atoms with E-state index in [1.54, 1.807) is 9.80 Å². The Labute approximate surface area is 182 Å². The molecule has 0 spiro atoms. The number of aliphatic carboxylic acids is 2. The van der Waals surface area contributed by atoms with Gasteiger partial charge in [-0.25, -0.2) is 4.79 Å². The van der Waals surface area contributed by atoms with Gasteiger partial charge >= 0.3 is 18.0 Å². The van der Waals surface area contributed by atoms with Gasteiger partial charge in [0.15, 0.2) is 0 Å². The Balaban J connectivity index is 2.14. The molecule has 10 heteroatoms. The molecule has 1 aliphatic heterocycles. The summed E-state index contributed by atoms with van der Waals surface area (Å²) in [6.45, 7) is 5.39. The largest absolute Gasteiger partial charge is 0.480 e. The van der Waals surface area contributed by atoms with Gasteiger partial charge < -0.3 is 20.2 Å². The molecule has 0 aromatic heterocycles. The fourth-order valence-corrected chi connectivity index (χ4v) is 3.54. The highest BCUT2D eigenvalue weighted by atomic mass is 16.4. The van der Waals surface area contributed by atoms with Crippen LogP contribution in [-0.4, -0.2) is 118 Å². The lowest BCUT2D eigenvalue weighted by molar-refractivity contribution is -0.140. The summed E-state index contributed by atoms with van der Waals surface area (Å²) in [5.74, 6) is -1.93. The third-order valence-electron chi connectivity index (χ3n) is 5.35. The zero-order valence-corrected chi connectivity index (χ0v) is 17.9. The van der Waals surface area contributed by atoms with Crippen LogP contribution in [0.4, 0.5) is 4.79 Å². The Bertz CT molecular complexity index is 742. The Hall–Kier alpha value is -2.69. The molecule has 0 bridgehead atoms. The lowest BCUT2D eigenvalue weighted by Crippen LogP contribution is -2.48. The Morgan fingerprint density at radius 3 is 1.58 bits per heavy atom. The van der Waals surface area contributed by atoms with Gasteiger partial charge in [-0.3, -0.25) is 24.3 Å². The number of carboxylic acids is 2. The van der Waals surface area contributed by atoms with Crippen LogP contribution < -0.4 is 0 Å². The Morgan fingerprint density at radius 1 is 0.710 bits per heavy atom. The molecule has 1 aromatic rings. The average Bonchev–Trinajstić information content (AvgIpc) is 2.68. The third-order valence-corrected chi connectivity index (χ3v) is 5.35. The van der Waals surface area contributed by atoms with Crippen LogP contribution >= 0.6 is 0 Å². The summed E-state index contributed by atoms with van der Waals surface area (Å²) in [5.41, 5.74) is 2.27. The van der Waals surface area contributed by atoms with E-state index in [0.29, 0.717) is 45.8 Å². The Morgan fingerprint density at radius 2 is 1.13 bits per heavy atom. The summed E-state index contributed by atoms with van der Waals surface area (Å²) >= 11 is 0. The molecule has 0 saturated carbocycles. The van der Waals surface area contributed by atoms with Gasteiger partial charge in [-0.15, -0.1) is 0 Å². The maximum Gasteiger partial charge on any atom is 0.407 e. The highest BCUT2D eigenvalue weighted by molar-refractivity contribution is 5.69. The lowest BCUT2D eigenvalue weighted by Gasteiger charge is -2.32. The van der Waals surface area contributed by atoms with Gasteiger partial charge in [-0.2, -0.15) is 0 Å². The minimum Gasteiger partial charge on any atom is -0.480 e. The van der Waals surface area contributed by atoms with Crippen molar-refractivity contribution in [3.8, 4) is 0 Å². The van der Waals surface area contributed by atoms with Crippen molar-refractivity contribution in [1.82, 2.24) is 19.6 Å². The highest BCUT2D eigenvalue weighted by Gasteiger charge is 2.20. The predicted molar refractivity (Wildman–Crippen MR) is 114 cm³/mol. The van der Waals surface area contributed by atoms with Crippen molar-refractivity contribution >= 4 is 18.0 Å². The molecule has 1 amide bonds. The number of aryl methyl sites for hydroxylation is 1. The highest BCUT2D eigenvalue weighted by Crippen LogP contribution is 2.09. The molecule has 0 radical (unpaired) electrons. The molecule has 0 aliphatic carbocycles. The molecular weight excluding hydrogens is 404 g/mol. The van der Waals surface area contributed by atoms with Gasteiger partial charge in [-0.05, 0) is 12.5 Å². The van der Waals surface area contributed by atoms with Crippen molar-refractivity contribution in [2.45, 2.75) is 13.5 Å². The third kappa shape index (κ3) is 9.33. The van der Waals surface area contributed by atoms with Crippen molar-refractivity contribution < 1.29 is 29.7 Å². The van der Waals surface area contributed by atoms with Crippen LogP contribution in [0.25, 0.3) is 0 Å². The predicted octanol–water partition coefficient (Wildman–Crippen LogP) is 0.564. The topological polar surface area (TPSA) is 125 Å². The normalized spacial score (nSPS) is 18.2. The smallest absolute Gasteiger partial charge is 0.407 e. The van der Waals surface area contributed by atoms with E-state index in [-0.39, 0.29) is 26.2 Å². The van der Waals surface area contributed by atoms with Crippen LogP contribution in [0.3, 0.4) is 0 Å². The van der Waals surface area contributed by atoms with Crippen molar-refractivity contribution in [1.29, 1.82) is 0 Å². The van der Waals surface area contributed by atoms with Crippen molar-refractivity contribution in [2.75, 3.05) is 65.4 Å². The number of hydrogen-bond donors (Lipinski definition) is 3. The second kappa shape index (κ2) is 12.2. The van der Waals surface area contributed by atoms with Crippen LogP contribution in [0, 0.1) is 6.92 Å². The zero-order chi connectivity index (χ0) is 22.8. The van der Waals surface area contributed by atoms with E-state index in [1.165, 1.54) is 4.90 Å². The second-order valence-corrected chi connectivity index (χ2v) is 7.87. The van der Waals surface area contributed by atoms with Gasteiger partial charge in [0, 0.05) is 58.9 Å². The summed E-state index contributed by atoms with van der Waals surface area (Å²) in [5, 5.41) is 28.0. The summed E-state index contributed by atoms with van der Waals surface area (Å²) in [4.78, 5) is 41.0. The summed E-state index contributed by atoms with van der Waals surface area (Å²) in [6, 6.07) is 8.14. The van der Waals surface area contributed by atoms with E-state index in [2.05, 4.69) is 4.90 Å². The first-order valence-corrected chi connectivity index (χ1v) is 10.4. The van der Waals surface area contributed by atoms with Crippen molar-refractivity contribution in [3.63, 3.8) is 0 Å². The lowest BCUT2D eigenvalue weighted by atomic mass is 10.1. The monoisotopic (exact) mass is 436 g/mol. The first-order chi connectivity index (χ1) is 14.7. The van der Waals surface area contributed by atoms with Crippen molar-refractivity contribution in [3.05, 3.63) is 35.4 Å². The van der Waals surface area contributed by atoms with Crippen LogP contribution in [0.1, 0.15) is 11.1 Å². The molecule has 0 unspecified atom stereocenters. The first kappa shape index (κ1) is 24.6. The van der Waals surface area contributed by atoms with E-state index >= 15 is 0 Å². The number of hydrogen-bond acceptors (Lipinski definition) is 6. The molecule has 3 N–H and O–H groups in total. The van der Waals surface area contributed by atoms with E-state index in [1.807, 2.05) is 31.2 Å². The van der Waals surface area contributed by atoms with Crippen LogP contribution in [0.5, 0.6) is 0 Å². The summed E-state index contributed by atoms with van der Waals surface area (Å²) in [7, 11) is 0. The zero-order valence-electron chi connectivity index (χ0n) is 17.9. The van der Waals surface area contributed by atoms with E-state index in [0.717, 1.165) is 11.1 Å². The maximum atomic E-state index is 11.7. The number of carbonyl (C=O) groups is 3. The van der Waals surface area contributed by atoms with E-state index < -0.39 is 18.0 Å². The average molecular weight is 437 g/mol. The second-order valence-electron chi connectivity index (χ2n) is 7.87. The van der Waals surface area contributed by atoms with Crippen LogP contribution in [0.15, 0.2) is 24.3 Å². The number of benzene rings is 1. The molecule has 1 aromatic carbocycles. The molecule has 1 fully saturated rings. The molecule has 2 rings (SSSR count). The molecule has 1 aliphatic rings. The van der Waals surface area contributed by atoms with Gasteiger partial charge in [-0.1, -0.05) is 29.8 Å².